The van der Waals surface area contributed by atoms with Gasteiger partial charge < -0.3 is 5.32 Å². The van der Waals surface area contributed by atoms with Crippen LogP contribution in [0.4, 0.5) is 5.82 Å². The van der Waals surface area contributed by atoms with E-state index in [1.807, 2.05) is 0 Å². The van der Waals surface area contributed by atoms with E-state index in [9.17, 15) is 9.59 Å². The molecule has 0 fully saturated rings. The number of nitrogens with zero attached hydrogens (tertiary/aromatic N) is 3. The number of carbonyl (C=O) groups excluding carboxylic acids is 1. The van der Waals surface area contributed by atoms with Crippen molar-refractivity contribution in [2.75, 3.05) is 11.1 Å². The van der Waals surface area contributed by atoms with Crippen molar-refractivity contribution in [3.05, 3.63) is 43.1 Å². The van der Waals surface area contributed by atoms with Crippen molar-refractivity contribution in [2.24, 2.45) is 5.92 Å². The molecule has 4 rings (SSSR count). The molecule has 6 nitrogen and oxygen atoms in total. The van der Waals surface area contributed by atoms with Crippen LogP contribution in [0.25, 0.3) is 10.2 Å². The third-order valence-corrected chi connectivity index (χ3v) is 7.64. The first-order valence-electron chi connectivity index (χ1n) is 10.1. The fraction of sp³-hybridized carbons (Fsp3) is 0.429. The average molecular weight is 497 g/mol. The summed E-state index contributed by atoms with van der Waals surface area (Å²) in [5, 5.41) is 4.68. The molecule has 31 heavy (non-hydrogen) atoms. The minimum absolute atomic E-state index is 0.00317. The van der Waals surface area contributed by atoms with Gasteiger partial charge in [-0.3, -0.25) is 14.2 Å². The maximum atomic E-state index is 13.4. The predicted octanol–water partition coefficient (Wildman–Crippen LogP) is 5.43. The summed E-state index contributed by atoms with van der Waals surface area (Å²) in [5.74, 6) is 0.335. The monoisotopic (exact) mass is 496 g/mol. The number of thiophene rings is 1. The maximum absolute atomic E-state index is 13.4. The lowest BCUT2D eigenvalue weighted by Gasteiger charge is -2.15. The first-order valence-corrected chi connectivity index (χ1v) is 12.7. The molecule has 0 atom stereocenters. The van der Waals surface area contributed by atoms with Gasteiger partial charge in [0, 0.05) is 17.6 Å². The smallest absolute Gasteiger partial charge is 0.263 e. The normalized spacial score (nSPS) is 13.6. The van der Waals surface area contributed by atoms with Crippen LogP contribution in [0.5, 0.6) is 0 Å². The van der Waals surface area contributed by atoms with Crippen molar-refractivity contribution < 1.29 is 4.79 Å². The summed E-state index contributed by atoms with van der Waals surface area (Å²) in [6.07, 6.45) is 5.64. The van der Waals surface area contributed by atoms with Crippen LogP contribution < -0.4 is 10.9 Å². The van der Waals surface area contributed by atoms with Gasteiger partial charge in [0.1, 0.15) is 4.83 Å². The number of nitrogens with one attached hydrogen (secondary N) is 1. The number of aryl methyl sites for hydroxylation is 2. The van der Waals surface area contributed by atoms with Gasteiger partial charge in [0.15, 0.2) is 11.0 Å². The third kappa shape index (κ3) is 4.92. The molecule has 0 bridgehead atoms. The fourth-order valence-electron chi connectivity index (χ4n) is 3.66. The largest absolute Gasteiger partial charge is 0.309 e. The van der Waals surface area contributed by atoms with Gasteiger partial charge in [-0.05, 0) is 43.2 Å². The van der Waals surface area contributed by atoms with Crippen LogP contribution in [0, 0.1) is 5.92 Å². The first-order chi connectivity index (χ1) is 14.8. The summed E-state index contributed by atoms with van der Waals surface area (Å²) in [5.41, 5.74) is 1.18. The molecule has 0 radical (unpaired) electrons. The van der Waals surface area contributed by atoms with Crippen molar-refractivity contribution in [1.29, 1.82) is 0 Å². The lowest BCUT2D eigenvalue weighted by atomic mass is 9.97. The van der Waals surface area contributed by atoms with Crippen LogP contribution in [0.15, 0.2) is 22.2 Å². The van der Waals surface area contributed by atoms with E-state index < -0.39 is 0 Å². The first kappa shape index (κ1) is 22.6. The molecule has 10 heteroatoms. The Bertz CT molecular complexity index is 1210. The Balaban J connectivity index is 1.61. The van der Waals surface area contributed by atoms with Gasteiger partial charge in [-0.15, -0.1) is 11.3 Å². The van der Waals surface area contributed by atoms with Crippen LogP contribution >= 0.6 is 46.3 Å². The summed E-state index contributed by atoms with van der Waals surface area (Å²) < 4.78 is 1.72. The molecule has 1 aliphatic carbocycles. The van der Waals surface area contributed by atoms with Crippen molar-refractivity contribution in [3.8, 4) is 0 Å². The number of amides is 1. The molecular weight excluding hydrogens is 475 g/mol. The van der Waals surface area contributed by atoms with Gasteiger partial charge in [0.25, 0.3) is 5.56 Å². The van der Waals surface area contributed by atoms with E-state index >= 15 is 0 Å². The average Bonchev–Trinajstić information content (AvgIpc) is 3.09. The number of thioether (sulfide) groups is 1. The second kappa shape index (κ2) is 9.48. The van der Waals surface area contributed by atoms with E-state index in [2.05, 4.69) is 24.1 Å². The third-order valence-electron chi connectivity index (χ3n) is 4.99. The molecule has 0 unspecified atom stereocenters. The quantitative estimate of drug-likeness (QED) is 0.363. The second-order valence-electron chi connectivity index (χ2n) is 7.92. The maximum Gasteiger partial charge on any atom is 0.263 e. The minimum atomic E-state index is -0.280. The summed E-state index contributed by atoms with van der Waals surface area (Å²) in [6.45, 7) is 4.69. The van der Waals surface area contributed by atoms with Crippen LogP contribution in [0.3, 0.4) is 0 Å². The van der Waals surface area contributed by atoms with Gasteiger partial charge in [0.2, 0.25) is 5.91 Å². The number of aromatic nitrogens is 3. The molecule has 0 spiro atoms. The zero-order valence-corrected chi connectivity index (χ0v) is 20.4. The zero-order chi connectivity index (χ0) is 22.1. The summed E-state index contributed by atoms with van der Waals surface area (Å²) >= 11 is 14.8. The van der Waals surface area contributed by atoms with Gasteiger partial charge >= 0.3 is 0 Å². The van der Waals surface area contributed by atoms with E-state index in [1.54, 1.807) is 15.9 Å². The summed E-state index contributed by atoms with van der Waals surface area (Å²) in [7, 11) is 0. The molecule has 164 valence electrons. The molecule has 1 N–H and O–H groups in total. The highest BCUT2D eigenvalue weighted by molar-refractivity contribution is 7.99. The number of anilines is 1. The number of rotatable bonds is 6. The number of carbonyl (C=O) groups is 1. The van der Waals surface area contributed by atoms with Gasteiger partial charge in [0.05, 0.1) is 21.2 Å². The Hall–Kier alpha value is -1.61. The molecule has 0 aromatic carbocycles. The van der Waals surface area contributed by atoms with E-state index in [-0.39, 0.29) is 34.0 Å². The molecule has 0 saturated carbocycles. The molecule has 3 aromatic heterocycles. The van der Waals surface area contributed by atoms with Gasteiger partial charge in [-0.25, -0.2) is 9.97 Å². The topological polar surface area (TPSA) is 76.9 Å². The van der Waals surface area contributed by atoms with E-state index in [1.165, 1.54) is 34.5 Å². The van der Waals surface area contributed by atoms with Gasteiger partial charge in [-0.2, -0.15) is 0 Å². The molecule has 1 amide bonds. The highest BCUT2D eigenvalue weighted by Gasteiger charge is 2.23. The molecular formula is C21H22Cl2N4O2S2. The Morgan fingerprint density at radius 2 is 2.10 bits per heavy atom. The molecule has 0 saturated heterocycles. The van der Waals surface area contributed by atoms with Crippen LogP contribution in [-0.4, -0.2) is 26.2 Å². The Morgan fingerprint density at radius 3 is 2.84 bits per heavy atom. The molecule has 3 heterocycles. The Labute approximate surface area is 198 Å². The number of hydrogen-bond acceptors (Lipinski definition) is 6. The lowest BCUT2D eigenvalue weighted by molar-refractivity contribution is -0.113. The number of halogens is 2. The molecule has 0 aliphatic heterocycles. The zero-order valence-electron chi connectivity index (χ0n) is 17.2. The van der Waals surface area contributed by atoms with Crippen molar-refractivity contribution in [3.63, 3.8) is 0 Å². The number of pyridine rings is 1. The van der Waals surface area contributed by atoms with Gasteiger partial charge in [-0.1, -0.05) is 48.8 Å². The number of hydrogen-bond donors (Lipinski definition) is 1. The molecule has 3 aromatic rings. The second-order valence-corrected chi connectivity index (χ2v) is 10.8. The highest BCUT2D eigenvalue weighted by atomic mass is 35.5. The van der Waals surface area contributed by atoms with E-state index in [4.69, 9.17) is 28.2 Å². The van der Waals surface area contributed by atoms with E-state index in [0.29, 0.717) is 16.7 Å². The van der Waals surface area contributed by atoms with Crippen LogP contribution in [0.1, 0.15) is 37.1 Å². The Kier molecular flexibility index (Phi) is 6.91. The fourth-order valence-corrected chi connectivity index (χ4v) is 6.20. The van der Waals surface area contributed by atoms with Crippen LogP contribution in [-0.2, 0) is 24.2 Å². The Morgan fingerprint density at radius 1 is 1.32 bits per heavy atom. The lowest BCUT2D eigenvalue weighted by Crippen LogP contribution is -2.26. The van der Waals surface area contributed by atoms with E-state index in [0.717, 1.165) is 35.9 Å². The minimum Gasteiger partial charge on any atom is -0.309 e. The number of fused-ring (bicyclic) bond motifs is 3. The molecule has 1 aliphatic rings. The van der Waals surface area contributed by atoms with Crippen molar-refractivity contribution >= 4 is 68.2 Å². The van der Waals surface area contributed by atoms with Crippen molar-refractivity contribution in [2.45, 2.75) is 51.2 Å². The van der Waals surface area contributed by atoms with Crippen LogP contribution in [0.2, 0.25) is 10.0 Å². The standard InChI is InChI=1S/C21H22Cl2N4O2S2/c1-11(2)9-27-20(29)17-13-5-3-4-6-15(13)31-19(17)26-21(27)30-10-16(28)25-18-14(23)7-12(22)8-24-18/h7-8,11H,3-6,9-10H2,1-2H3,(H,24,25,28). The highest BCUT2D eigenvalue weighted by Crippen LogP contribution is 2.35. The predicted molar refractivity (Wildman–Crippen MR) is 129 cm³/mol. The summed E-state index contributed by atoms with van der Waals surface area (Å²) in [6, 6.07) is 1.52. The summed E-state index contributed by atoms with van der Waals surface area (Å²) in [4.78, 5) is 36.8. The SMILES string of the molecule is CC(C)Cn1c(SCC(=O)Nc2ncc(Cl)cc2Cl)nc2sc3c(c2c1=O)CCCC3. The van der Waals surface area contributed by atoms with Crippen molar-refractivity contribution in [1.82, 2.24) is 14.5 Å².